The van der Waals surface area contributed by atoms with Gasteiger partial charge in [0.2, 0.25) is 0 Å². The van der Waals surface area contributed by atoms with Crippen molar-refractivity contribution in [2.24, 2.45) is 5.16 Å². The van der Waals surface area contributed by atoms with Crippen molar-refractivity contribution in [3.05, 3.63) is 50.5 Å². The van der Waals surface area contributed by atoms with E-state index in [1.807, 2.05) is 0 Å². The lowest BCUT2D eigenvalue weighted by atomic mass is 9.86. The van der Waals surface area contributed by atoms with E-state index in [2.05, 4.69) is 5.16 Å². The summed E-state index contributed by atoms with van der Waals surface area (Å²) in [7, 11) is 0. The van der Waals surface area contributed by atoms with Gasteiger partial charge in [-0.05, 0) is 31.6 Å². The van der Waals surface area contributed by atoms with Gasteiger partial charge in [0.1, 0.15) is 16.0 Å². The monoisotopic (exact) mass is 404 g/mol. The average Bonchev–Trinajstić information content (AvgIpc) is 2.58. The Balaban J connectivity index is 2.29. The van der Waals surface area contributed by atoms with E-state index in [1.54, 1.807) is 0 Å². The predicted molar refractivity (Wildman–Crippen MR) is 93.4 cm³/mol. The molecule has 0 radical (unpaired) electrons. The molecule has 2 atom stereocenters. The summed E-state index contributed by atoms with van der Waals surface area (Å²) in [6, 6.07) is 4.77. The van der Waals surface area contributed by atoms with Crippen LogP contribution >= 0.6 is 34.8 Å². The van der Waals surface area contributed by atoms with E-state index >= 15 is 0 Å². The molecule has 0 aromatic heterocycles. The van der Waals surface area contributed by atoms with Crippen molar-refractivity contribution in [3.63, 3.8) is 0 Å². The second-order valence-corrected chi connectivity index (χ2v) is 6.96. The van der Waals surface area contributed by atoms with Crippen LogP contribution in [0.3, 0.4) is 0 Å². The van der Waals surface area contributed by atoms with Gasteiger partial charge < -0.3 is 4.84 Å². The summed E-state index contributed by atoms with van der Waals surface area (Å²) in [5.74, 6) is -1.40. The number of hydrogen-bond donors (Lipinski definition) is 0. The molecule has 0 amide bonds. The summed E-state index contributed by atoms with van der Waals surface area (Å²) in [5.41, 5.74) is 0.178. The first-order valence-corrected chi connectivity index (χ1v) is 8.04. The van der Waals surface area contributed by atoms with Gasteiger partial charge in [0.05, 0.1) is 15.5 Å². The lowest BCUT2D eigenvalue weighted by molar-refractivity contribution is -0.384. The summed E-state index contributed by atoms with van der Waals surface area (Å²) >= 11 is 18.2. The van der Waals surface area contributed by atoms with Gasteiger partial charge in [-0.25, -0.2) is 4.79 Å². The van der Waals surface area contributed by atoms with Crippen LogP contribution in [0.1, 0.15) is 24.2 Å². The molecule has 1 aliphatic rings. The van der Waals surface area contributed by atoms with Crippen LogP contribution in [0.5, 0.6) is 0 Å². The zero-order valence-electron chi connectivity index (χ0n) is 13.0. The van der Waals surface area contributed by atoms with E-state index in [-0.39, 0.29) is 27.6 Å². The van der Waals surface area contributed by atoms with E-state index in [4.69, 9.17) is 39.6 Å². The molecule has 0 spiro atoms. The van der Waals surface area contributed by atoms with E-state index in [0.29, 0.717) is 0 Å². The average molecular weight is 406 g/mol. The quantitative estimate of drug-likeness (QED) is 0.329. The Morgan fingerprint density at radius 1 is 1.36 bits per heavy atom. The molecule has 0 bridgehead atoms. The molecule has 0 fully saturated rings. The number of nitro groups is 1. The third kappa shape index (κ3) is 3.68. The minimum Gasteiger partial charge on any atom is -0.312 e. The van der Waals surface area contributed by atoms with Crippen LogP contribution in [0.25, 0.3) is 0 Å². The van der Waals surface area contributed by atoms with Gasteiger partial charge in [-0.2, -0.15) is 0 Å². The number of carbonyl (C=O) groups excluding carboxylic acids is 2. The van der Waals surface area contributed by atoms with E-state index in [0.717, 1.165) is 12.1 Å². The molecular weight excluding hydrogens is 395 g/mol. The molecule has 2 unspecified atom stereocenters. The minimum absolute atomic E-state index is 0.0493. The minimum atomic E-state index is -1.42. The topological polar surface area (TPSA) is 98.9 Å². The van der Waals surface area contributed by atoms with Crippen LogP contribution in [0.4, 0.5) is 5.69 Å². The molecule has 1 aliphatic carbocycles. The maximum atomic E-state index is 12.0. The van der Waals surface area contributed by atoms with Crippen molar-refractivity contribution in [2.75, 3.05) is 0 Å². The Morgan fingerprint density at radius 2 is 1.92 bits per heavy atom. The van der Waals surface area contributed by atoms with Crippen LogP contribution in [0.2, 0.25) is 0 Å². The highest BCUT2D eigenvalue weighted by Gasteiger charge is 2.47. The summed E-state index contributed by atoms with van der Waals surface area (Å²) < 4.78 is 0. The summed E-state index contributed by atoms with van der Waals surface area (Å²) in [5, 5.41) is 13.0. The summed E-state index contributed by atoms with van der Waals surface area (Å²) in [4.78, 5) is 37.4. The number of ketones is 1. The Bertz CT molecular complexity index is 815. The largest absolute Gasteiger partial charge is 0.365 e. The Kier molecular flexibility index (Phi) is 5.51. The number of rotatable bonds is 3. The molecule has 0 heterocycles. The van der Waals surface area contributed by atoms with E-state index < -0.39 is 26.9 Å². The second-order valence-electron chi connectivity index (χ2n) is 5.36. The molecule has 0 saturated carbocycles. The number of alkyl halides is 2. The summed E-state index contributed by atoms with van der Waals surface area (Å²) in [6.07, 6.45) is 0. The number of hydrogen-bond acceptors (Lipinski definition) is 6. The van der Waals surface area contributed by atoms with Gasteiger partial charge >= 0.3 is 5.97 Å². The number of carbonyl (C=O) groups is 2. The third-order valence-electron chi connectivity index (χ3n) is 3.60. The molecule has 1 aromatic rings. The van der Waals surface area contributed by atoms with Gasteiger partial charge in [-0.3, -0.25) is 14.9 Å². The molecule has 0 saturated heterocycles. The first-order valence-electron chi connectivity index (χ1n) is 6.85. The normalized spacial score (nSPS) is 25.2. The number of allylic oxidation sites excluding steroid dienone is 2. The van der Waals surface area contributed by atoms with Crippen molar-refractivity contribution in [3.8, 4) is 0 Å². The summed E-state index contributed by atoms with van der Waals surface area (Å²) in [6.45, 7) is 2.96. The van der Waals surface area contributed by atoms with Crippen LogP contribution in [-0.4, -0.2) is 32.6 Å². The fraction of sp³-hybridized carbons (Fsp3) is 0.267. The number of nitro benzene ring substituents is 1. The van der Waals surface area contributed by atoms with E-state index in [1.165, 1.54) is 26.0 Å². The van der Waals surface area contributed by atoms with E-state index in [9.17, 15) is 19.7 Å². The van der Waals surface area contributed by atoms with Crippen molar-refractivity contribution in [1.82, 2.24) is 0 Å². The fourth-order valence-corrected chi connectivity index (χ4v) is 2.89. The smallest absolute Gasteiger partial charge is 0.312 e. The van der Waals surface area contributed by atoms with Crippen LogP contribution < -0.4 is 0 Å². The second kappa shape index (κ2) is 7.11. The van der Waals surface area contributed by atoms with Crippen molar-refractivity contribution >= 4 is 58.0 Å². The van der Waals surface area contributed by atoms with Gasteiger partial charge in [-0.15, -0.1) is 23.2 Å². The molecule has 0 aliphatic heterocycles. The van der Waals surface area contributed by atoms with Gasteiger partial charge in [0.15, 0.2) is 5.78 Å². The highest BCUT2D eigenvalue weighted by molar-refractivity contribution is 6.58. The number of nitrogens with zero attached hydrogens (tertiary/aromatic N) is 2. The number of oxime groups is 1. The van der Waals surface area contributed by atoms with Crippen molar-refractivity contribution in [1.29, 1.82) is 0 Å². The van der Waals surface area contributed by atoms with Crippen LogP contribution in [0.15, 0.2) is 40.0 Å². The van der Waals surface area contributed by atoms with Gasteiger partial charge in [0, 0.05) is 12.1 Å². The lowest BCUT2D eigenvalue weighted by Gasteiger charge is -2.32. The molecule has 1 aromatic carbocycles. The van der Waals surface area contributed by atoms with Crippen LogP contribution in [0, 0.1) is 10.1 Å². The molecule has 7 nitrogen and oxygen atoms in total. The maximum Gasteiger partial charge on any atom is 0.365 e. The Morgan fingerprint density at radius 3 is 2.44 bits per heavy atom. The highest BCUT2D eigenvalue weighted by Crippen LogP contribution is 2.38. The molecule has 10 heteroatoms. The third-order valence-corrected chi connectivity index (χ3v) is 5.22. The highest BCUT2D eigenvalue weighted by atomic mass is 35.5. The number of non-ortho nitro benzene ring substituents is 1. The molecule has 132 valence electrons. The van der Waals surface area contributed by atoms with Gasteiger partial charge in [0.25, 0.3) is 5.69 Å². The van der Waals surface area contributed by atoms with Crippen molar-refractivity contribution < 1.29 is 19.3 Å². The zero-order chi connectivity index (χ0) is 18.9. The standard InChI is InChI=1S/C15H11Cl3N2O5/c1-7-10(16)11(21)12(17)15(2,18)13(7)19-25-14(22)8-3-5-9(6-4-8)20(23)24/h3-6,12H,1-2H3/b19-13+. The number of halogens is 3. The Labute approximate surface area is 157 Å². The molecule has 25 heavy (non-hydrogen) atoms. The zero-order valence-corrected chi connectivity index (χ0v) is 15.2. The van der Waals surface area contributed by atoms with Gasteiger partial charge in [-0.1, -0.05) is 16.8 Å². The predicted octanol–water partition coefficient (Wildman–Crippen LogP) is 3.81. The molecule has 2 rings (SSSR count). The van der Waals surface area contributed by atoms with Crippen LogP contribution in [-0.2, 0) is 9.63 Å². The number of benzene rings is 1. The number of Topliss-reactive ketones (excluding diaryl/α,β-unsaturated/α-hetero) is 1. The Hall–Kier alpha value is -1.96. The fourth-order valence-electron chi connectivity index (χ4n) is 2.15. The maximum absolute atomic E-state index is 12.0. The first-order chi connectivity index (χ1) is 11.6. The molecule has 0 N–H and O–H groups in total. The lowest BCUT2D eigenvalue weighted by Crippen LogP contribution is -2.48. The first kappa shape index (κ1) is 19.4. The molecular formula is C15H11Cl3N2O5. The van der Waals surface area contributed by atoms with Crippen molar-refractivity contribution in [2.45, 2.75) is 24.1 Å². The SMILES string of the molecule is CC1=C(Cl)C(=O)C(Cl)C(C)(Cl)/C1=N/OC(=O)c1ccc([N+](=O)[O-])cc1.